The summed E-state index contributed by atoms with van der Waals surface area (Å²) >= 11 is 0. The second-order valence-corrected chi connectivity index (χ2v) is 5.45. The van der Waals surface area contributed by atoms with Crippen LogP contribution in [-0.2, 0) is 0 Å². The normalized spacial score (nSPS) is 46.4. The molecule has 0 bridgehead atoms. The summed E-state index contributed by atoms with van der Waals surface area (Å²) in [6, 6.07) is 1.48. The van der Waals surface area contributed by atoms with Crippen molar-refractivity contribution in [3.8, 4) is 0 Å². The summed E-state index contributed by atoms with van der Waals surface area (Å²) in [4.78, 5) is 2.72. The second kappa shape index (κ2) is 2.71. The summed E-state index contributed by atoms with van der Waals surface area (Å²) < 4.78 is 0. The Balaban J connectivity index is 1.66. The lowest BCUT2D eigenvalue weighted by molar-refractivity contribution is 0.253. The van der Waals surface area contributed by atoms with Gasteiger partial charge in [0, 0.05) is 18.6 Å². The van der Waals surface area contributed by atoms with Crippen LogP contribution in [0.25, 0.3) is 0 Å². The van der Waals surface area contributed by atoms with Crippen molar-refractivity contribution >= 4 is 0 Å². The molecule has 13 heavy (non-hydrogen) atoms. The van der Waals surface area contributed by atoms with E-state index >= 15 is 0 Å². The Kier molecular flexibility index (Phi) is 1.72. The molecule has 2 N–H and O–H groups in total. The van der Waals surface area contributed by atoms with E-state index in [0.717, 1.165) is 6.04 Å². The molecule has 3 fully saturated rings. The fraction of sp³-hybridized carbons (Fsp3) is 1.00. The van der Waals surface area contributed by atoms with Crippen LogP contribution in [-0.4, -0.2) is 30.1 Å². The molecular weight excluding hydrogens is 160 g/mol. The zero-order valence-corrected chi connectivity index (χ0v) is 8.34. The number of nitrogens with zero attached hydrogens (tertiary/aromatic N) is 1. The fourth-order valence-corrected chi connectivity index (χ4v) is 3.34. The van der Waals surface area contributed by atoms with Gasteiger partial charge in [-0.05, 0) is 50.5 Å². The molecule has 2 aliphatic carbocycles. The van der Waals surface area contributed by atoms with E-state index in [1.807, 2.05) is 0 Å². The largest absolute Gasteiger partial charge is 0.328 e. The summed E-state index contributed by atoms with van der Waals surface area (Å²) in [6.07, 6.45) is 8.33. The van der Waals surface area contributed by atoms with E-state index in [-0.39, 0.29) is 0 Å². The van der Waals surface area contributed by atoms with Crippen LogP contribution in [0.4, 0.5) is 0 Å². The first-order valence-corrected chi connectivity index (χ1v) is 5.77. The van der Waals surface area contributed by atoms with E-state index in [1.165, 1.54) is 51.6 Å². The standard InChI is InChI=1S/C11H20N2/c12-9-3-4-11(7-9)5-6-13(8-11)10-1-2-10/h9-10H,1-8,12H2/t9-,11-/m1/s1. The summed E-state index contributed by atoms with van der Waals surface area (Å²) in [5.74, 6) is 0. The zero-order valence-electron chi connectivity index (χ0n) is 8.34. The van der Waals surface area contributed by atoms with Gasteiger partial charge in [-0.15, -0.1) is 0 Å². The molecule has 2 atom stereocenters. The predicted molar refractivity (Wildman–Crippen MR) is 53.5 cm³/mol. The third-order valence-electron chi connectivity index (χ3n) is 4.27. The van der Waals surface area contributed by atoms with E-state index in [4.69, 9.17) is 5.73 Å². The Bertz CT molecular complexity index is 212. The van der Waals surface area contributed by atoms with Crippen LogP contribution < -0.4 is 5.73 Å². The van der Waals surface area contributed by atoms with E-state index in [0.29, 0.717) is 11.5 Å². The molecule has 0 radical (unpaired) electrons. The quantitative estimate of drug-likeness (QED) is 0.660. The summed E-state index contributed by atoms with van der Waals surface area (Å²) in [5.41, 5.74) is 6.66. The van der Waals surface area contributed by atoms with Crippen molar-refractivity contribution in [3.63, 3.8) is 0 Å². The zero-order chi connectivity index (χ0) is 8.89. The van der Waals surface area contributed by atoms with E-state index in [1.54, 1.807) is 0 Å². The topological polar surface area (TPSA) is 29.3 Å². The number of hydrogen-bond acceptors (Lipinski definition) is 2. The highest BCUT2D eigenvalue weighted by atomic mass is 15.2. The van der Waals surface area contributed by atoms with Crippen molar-refractivity contribution in [3.05, 3.63) is 0 Å². The second-order valence-electron chi connectivity index (χ2n) is 5.45. The van der Waals surface area contributed by atoms with Crippen molar-refractivity contribution in [2.75, 3.05) is 13.1 Å². The third kappa shape index (κ3) is 1.40. The van der Waals surface area contributed by atoms with Gasteiger partial charge in [-0.3, -0.25) is 4.90 Å². The van der Waals surface area contributed by atoms with Crippen molar-refractivity contribution in [1.82, 2.24) is 4.90 Å². The Morgan fingerprint density at radius 1 is 1.15 bits per heavy atom. The molecule has 3 aliphatic rings. The van der Waals surface area contributed by atoms with Crippen LogP contribution in [0.2, 0.25) is 0 Å². The maximum absolute atomic E-state index is 6.01. The number of rotatable bonds is 1. The monoisotopic (exact) mass is 180 g/mol. The Morgan fingerprint density at radius 2 is 2.00 bits per heavy atom. The first kappa shape index (κ1) is 8.25. The molecular formula is C11H20N2. The highest BCUT2D eigenvalue weighted by molar-refractivity contribution is 5.00. The number of likely N-dealkylation sites (tertiary alicyclic amines) is 1. The van der Waals surface area contributed by atoms with Gasteiger partial charge in [-0.2, -0.15) is 0 Å². The van der Waals surface area contributed by atoms with Crippen molar-refractivity contribution in [1.29, 1.82) is 0 Å². The van der Waals surface area contributed by atoms with Crippen LogP contribution in [0.5, 0.6) is 0 Å². The van der Waals surface area contributed by atoms with Crippen molar-refractivity contribution in [2.24, 2.45) is 11.1 Å². The van der Waals surface area contributed by atoms with Gasteiger partial charge in [0.2, 0.25) is 0 Å². The van der Waals surface area contributed by atoms with E-state index in [9.17, 15) is 0 Å². The van der Waals surface area contributed by atoms with Crippen LogP contribution in [0.15, 0.2) is 0 Å². The van der Waals surface area contributed by atoms with Gasteiger partial charge in [-0.1, -0.05) is 0 Å². The lowest BCUT2D eigenvalue weighted by Crippen LogP contribution is -2.28. The average molecular weight is 180 g/mol. The molecule has 2 saturated carbocycles. The molecule has 74 valence electrons. The molecule has 1 spiro atoms. The fourth-order valence-electron chi connectivity index (χ4n) is 3.34. The van der Waals surface area contributed by atoms with Crippen molar-refractivity contribution in [2.45, 2.75) is 50.6 Å². The number of hydrogen-bond donors (Lipinski definition) is 1. The Labute approximate surface area is 80.5 Å². The van der Waals surface area contributed by atoms with E-state index < -0.39 is 0 Å². The van der Waals surface area contributed by atoms with Crippen LogP contribution in [0.3, 0.4) is 0 Å². The SMILES string of the molecule is N[C@@H]1CC[C@@]2(CCN(C3CC3)C2)C1. The first-order chi connectivity index (χ1) is 6.27. The van der Waals surface area contributed by atoms with Gasteiger partial charge in [0.15, 0.2) is 0 Å². The molecule has 2 nitrogen and oxygen atoms in total. The molecule has 1 saturated heterocycles. The Hall–Kier alpha value is -0.0800. The van der Waals surface area contributed by atoms with Crippen LogP contribution >= 0.6 is 0 Å². The molecule has 1 aliphatic heterocycles. The lowest BCUT2D eigenvalue weighted by atomic mass is 9.85. The van der Waals surface area contributed by atoms with Gasteiger partial charge in [0.1, 0.15) is 0 Å². The average Bonchev–Trinajstić information content (AvgIpc) is 2.80. The third-order valence-corrected chi connectivity index (χ3v) is 4.27. The van der Waals surface area contributed by atoms with Gasteiger partial charge in [-0.25, -0.2) is 0 Å². The minimum atomic E-state index is 0.513. The molecule has 0 amide bonds. The highest BCUT2D eigenvalue weighted by Crippen LogP contribution is 2.47. The van der Waals surface area contributed by atoms with Gasteiger partial charge < -0.3 is 5.73 Å². The maximum atomic E-state index is 6.01. The summed E-state index contributed by atoms with van der Waals surface area (Å²) in [5, 5.41) is 0. The van der Waals surface area contributed by atoms with Crippen LogP contribution in [0.1, 0.15) is 38.5 Å². The smallest absolute Gasteiger partial charge is 0.00966 e. The maximum Gasteiger partial charge on any atom is 0.00966 e. The molecule has 1 heterocycles. The van der Waals surface area contributed by atoms with Gasteiger partial charge in [0.25, 0.3) is 0 Å². The minimum Gasteiger partial charge on any atom is -0.328 e. The number of nitrogens with two attached hydrogens (primary N) is 1. The predicted octanol–water partition coefficient (Wildman–Crippen LogP) is 1.35. The molecule has 3 rings (SSSR count). The molecule has 2 heteroatoms. The minimum absolute atomic E-state index is 0.513. The Morgan fingerprint density at radius 3 is 2.62 bits per heavy atom. The summed E-state index contributed by atoms with van der Waals surface area (Å²) in [6.45, 7) is 2.72. The van der Waals surface area contributed by atoms with Gasteiger partial charge >= 0.3 is 0 Å². The molecule has 0 aromatic carbocycles. The van der Waals surface area contributed by atoms with Crippen LogP contribution in [0, 0.1) is 5.41 Å². The highest BCUT2D eigenvalue weighted by Gasteiger charge is 2.46. The molecule has 0 unspecified atom stereocenters. The lowest BCUT2D eigenvalue weighted by Gasteiger charge is -2.23. The molecule has 0 aromatic rings. The van der Waals surface area contributed by atoms with Crippen molar-refractivity contribution < 1.29 is 0 Å². The molecule has 0 aromatic heterocycles. The first-order valence-electron chi connectivity index (χ1n) is 5.77. The van der Waals surface area contributed by atoms with Gasteiger partial charge in [0.05, 0.1) is 0 Å². The van der Waals surface area contributed by atoms with E-state index in [2.05, 4.69) is 4.90 Å². The summed E-state index contributed by atoms with van der Waals surface area (Å²) in [7, 11) is 0.